The van der Waals surface area contributed by atoms with E-state index in [1.807, 2.05) is 30.6 Å². The quantitative estimate of drug-likeness (QED) is 0.555. The largest absolute Gasteiger partial charge is 0.337 e. The van der Waals surface area contributed by atoms with Crippen molar-refractivity contribution in [1.82, 2.24) is 14.4 Å². The van der Waals surface area contributed by atoms with E-state index in [0.29, 0.717) is 5.92 Å². The SMILES string of the molecule is CC(C)c1ccc(Nc2nccn3c(-c4ccccc4)cnc23)cc1. The molecule has 0 bridgehead atoms. The van der Waals surface area contributed by atoms with Gasteiger partial charge in [-0.3, -0.25) is 4.40 Å². The van der Waals surface area contributed by atoms with Crippen molar-refractivity contribution in [2.75, 3.05) is 5.32 Å². The first-order valence-corrected chi connectivity index (χ1v) is 8.47. The Bertz CT molecular complexity index is 986. The fourth-order valence-corrected chi connectivity index (χ4v) is 2.92. The van der Waals surface area contributed by atoms with Crippen LogP contribution in [-0.2, 0) is 0 Å². The fourth-order valence-electron chi connectivity index (χ4n) is 2.92. The Hall–Kier alpha value is -3.14. The van der Waals surface area contributed by atoms with Gasteiger partial charge >= 0.3 is 0 Å². The number of rotatable bonds is 4. The minimum atomic E-state index is 0.524. The van der Waals surface area contributed by atoms with E-state index < -0.39 is 0 Å². The van der Waals surface area contributed by atoms with Gasteiger partial charge in [0.1, 0.15) is 0 Å². The summed E-state index contributed by atoms with van der Waals surface area (Å²) < 4.78 is 2.06. The molecule has 0 radical (unpaired) electrons. The summed E-state index contributed by atoms with van der Waals surface area (Å²) in [4.78, 5) is 9.05. The topological polar surface area (TPSA) is 42.2 Å². The van der Waals surface area contributed by atoms with Gasteiger partial charge in [0, 0.05) is 23.6 Å². The van der Waals surface area contributed by atoms with Gasteiger partial charge in [-0.1, -0.05) is 56.3 Å². The molecule has 0 unspecified atom stereocenters. The van der Waals surface area contributed by atoms with Crippen molar-refractivity contribution in [2.45, 2.75) is 19.8 Å². The number of nitrogens with one attached hydrogen (secondary N) is 1. The summed E-state index contributed by atoms with van der Waals surface area (Å²) >= 11 is 0. The highest BCUT2D eigenvalue weighted by Crippen LogP contribution is 2.25. The van der Waals surface area contributed by atoms with Crippen molar-refractivity contribution < 1.29 is 0 Å². The van der Waals surface area contributed by atoms with Crippen LogP contribution in [0.25, 0.3) is 16.9 Å². The molecule has 0 saturated carbocycles. The standard InChI is InChI=1S/C21H20N4/c1-15(2)16-8-10-18(11-9-16)24-20-21-23-14-19(25(21)13-12-22-20)17-6-4-3-5-7-17/h3-15H,1-2H3,(H,22,24). The maximum absolute atomic E-state index is 4.57. The molecular weight excluding hydrogens is 308 g/mol. The Morgan fingerprint density at radius 1 is 0.920 bits per heavy atom. The van der Waals surface area contributed by atoms with Crippen LogP contribution in [0.15, 0.2) is 73.2 Å². The molecule has 4 heteroatoms. The number of fused-ring (bicyclic) bond motifs is 1. The molecule has 0 saturated heterocycles. The third kappa shape index (κ3) is 2.98. The number of benzene rings is 2. The normalized spacial score (nSPS) is 11.2. The number of imidazole rings is 1. The predicted octanol–water partition coefficient (Wildman–Crippen LogP) is 5.26. The van der Waals surface area contributed by atoms with Gasteiger partial charge in [-0.2, -0.15) is 0 Å². The van der Waals surface area contributed by atoms with E-state index in [1.54, 1.807) is 6.20 Å². The van der Waals surface area contributed by atoms with Crippen LogP contribution in [0.3, 0.4) is 0 Å². The maximum Gasteiger partial charge on any atom is 0.180 e. The van der Waals surface area contributed by atoms with Gasteiger partial charge in [-0.25, -0.2) is 9.97 Å². The summed E-state index contributed by atoms with van der Waals surface area (Å²) in [6, 6.07) is 18.7. The molecule has 2 aromatic carbocycles. The van der Waals surface area contributed by atoms with E-state index in [9.17, 15) is 0 Å². The lowest BCUT2D eigenvalue weighted by atomic mass is 10.0. The summed E-state index contributed by atoms with van der Waals surface area (Å²) in [5.74, 6) is 1.28. The predicted molar refractivity (Wildman–Crippen MR) is 102 cm³/mol. The highest BCUT2D eigenvalue weighted by molar-refractivity contribution is 5.74. The number of anilines is 2. The fraction of sp³-hybridized carbons (Fsp3) is 0.143. The lowest BCUT2D eigenvalue weighted by Gasteiger charge is -2.10. The Morgan fingerprint density at radius 2 is 1.68 bits per heavy atom. The molecule has 0 aliphatic carbocycles. The van der Waals surface area contributed by atoms with Crippen LogP contribution in [0.2, 0.25) is 0 Å². The molecule has 0 spiro atoms. The summed E-state index contributed by atoms with van der Waals surface area (Å²) in [7, 11) is 0. The molecule has 4 aromatic rings. The van der Waals surface area contributed by atoms with Crippen molar-refractivity contribution in [2.24, 2.45) is 0 Å². The summed E-state index contributed by atoms with van der Waals surface area (Å²) in [5, 5.41) is 3.38. The van der Waals surface area contributed by atoms with Crippen molar-refractivity contribution in [3.05, 3.63) is 78.8 Å². The zero-order valence-corrected chi connectivity index (χ0v) is 14.3. The Kier molecular flexibility index (Phi) is 3.94. The molecule has 2 heterocycles. The van der Waals surface area contributed by atoms with Gasteiger partial charge < -0.3 is 5.32 Å². The van der Waals surface area contributed by atoms with Crippen LogP contribution in [0, 0.1) is 0 Å². The molecule has 4 nitrogen and oxygen atoms in total. The molecule has 0 atom stereocenters. The Labute approximate surface area is 147 Å². The van der Waals surface area contributed by atoms with E-state index in [1.165, 1.54) is 5.56 Å². The maximum atomic E-state index is 4.57. The summed E-state index contributed by atoms with van der Waals surface area (Å²) in [6.07, 6.45) is 5.63. The first-order valence-electron chi connectivity index (χ1n) is 8.47. The highest BCUT2D eigenvalue weighted by Gasteiger charge is 2.10. The lowest BCUT2D eigenvalue weighted by molar-refractivity contribution is 0.867. The molecule has 4 rings (SSSR count). The average molecular weight is 328 g/mol. The van der Waals surface area contributed by atoms with E-state index in [4.69, 9.17) is 0 Å². The molecule has 124 valence electrons. The molecule has 0 fully saturated rings. The van der Waals surface area contributed by atoms with Crippen LogP contribution in [0.4, 0.5) is 11.5 Å². The van der Waals surface area contributed by atoms with Gasteiger partial charge in [0.2, 0.25) is 0 Å². The van der Waals surface area contributed by atoms with E-state index >= 15 is 0 Å². The minimum absolute atomic E-state index is 0.524. The van der Waals surface area contributed by atoms with Crippen LogP contribution >= 0.6 is 0 Å². The first-order chi connectivity index (χ1) is 12.2. The molecule has 25 heavy (non-hydrogen) atoms. The molecule has 1 N–H and O–H groups in total. The van der Waals surface area contributed by atoms with Gasteiger partial charge in [0.25, 0.3) is 0 Å². The van der Waals surface area contributed by atoms with Crippen LogP contribution < -0.4 is 5.32 Å². The van der Waals surface area contributed by atoms with Crippen molar-refractivity contribution in [3.63, 3.8) is 0 Å². The first kappa shape index (κ1) is 15.4. The van der Waals surface area contributed by atoms with E-state index in [-0.39, 0.29) is 0 Å². The van der Waals surface area contributed by atoms with Crippen molar-refractivity contribution in [1.29, 1.82) is 0 Å². The van der Waals surface area contributed by atoms with Gasteiger partial charge in [-0.15, -0.1) is 0 Å². The monoisotopic (exact) mass is 328 g/mol. The number of aromatic nitrogens is 3. The minimum Gasteiger partial charge on any atom is -0.337 e. The number of nitrogens with zero attached hydrogens (tertiary/aromatic N) is 3. The van der Waals surface area contributed by atoms with Crippen LogP contribution in [0.1, 0.15) is 25.3 Å². The van der Waals surface area contributed by atoms with Gasteiger partial charge in [-0.05, 0) is 23.6 Å². The smallest absolute Gasteiger partial charge is 0.180 e. The summed E-state index contributed by atoms with van der Waals surface area (Å²) in [6.45, 7) is 4.39. The molecule has 2 aromatic heterocycles. The summed E-state index contributed by atoms with van der Waals surface area (Å²) in [5.41, 5.74) is 5.33. The van der Waals surface area contributed by atoms with E-state index in [0.717, 1.165) is 28.4 Å². The Morgan fingerprint density at radius 3 is 2.40 bits per heavy atom. The van der Waals surface area contributed by atoms with Crippen molar-refractivity contribution >= 4 is 17.2 Å². The number of hydrogen-bond acceptors (Lipinski definition) is 3. The number of hydrogen-bond donors (Lipinski definition) is 1. The van der Waals surface area contributed by atoms with Gasteiger partial charge in [0.15, 0.2) is 11.5 Å². The van der Waals surface area contributed by atoms with Gasteiger partial charge in [0.05, 0.1) is 11.9 Å². The van der Waals surface area contributed by atoms with Crippen LogP contribution in [-0.4, -0.2) is 14.4 Å². The molecule has 0 aliphatic heterocycles. The lowest BCUT2D eigenvalue weighted by Crippen LogP contribution is -1.99. The highest BCUT2D eigenvalue weighted by atomic mass is 15.1. The van der Waals surface area contributed by atoms with Crippen LogP contribution in [0.5, 0.6) is 0 Å². The second kappa shape index (κ2) is 6.40. The zero-order chi connectivity index (χ0) is 17.2. The molecule has 0 aliphatic rings. The second-order valence-corrected chi connectivity index (χ2v) is 6.38. The van der Waals surface area contributed by atoms with Crippen molar-refractivity contribution in [3.8, 4) is 11.3 Å². The third-order valence-electron chi connectivity index (χ3n) is 4.34. The Balaban J connectivity index is 1.70. The van der Waals surface area contributed by atoms with E-state index in [2.05, 4.69) is 69.9 Å². The third-order valence-corrected chi connectivity index (χ3v) is 4.34. The second-order valence-electron chi connectivity index (χ2n) is 6.38. The zero-order valence-electron chi connectivity index (χ0n) is 14.3. The molecular formula is C21H20N4. The average Bonchev–Trinajstić information content (AvgIpc) is 3.08. The molecule has 0 amide bonds.